The summed E-state index contributed by atoms with van der Waals surface area (Å²) in [5.74, 6) is 1.37. The monoisotopic (exact) mass is 507 g/mol. The third kappa shape index (κ3) is 4.55. The molecule has 2 aromatic rings. The average molecular weight is 508 g/mol. The number of piperidine rings is 1. The number of alkyl halides is 3. The highest BCUT2D eigenvalue weighted by Crippen LogP contribution is 2.49. The molecule has 1 aromatic carbocycles. The van der Waals surface area contributed by atoms with Crippen LogP contribution in [0.3, 0.4) is 0 Å². The molecule has 1 aliphatic carbocycles. The molecule has 0 radical (unpaired) electrons. The minimum atomic E-state index is -4.45. The fraction of sp³-hybridized carbons (Fsp3) is 0.615. The van der Waals surface area contributed by atoms with Gasteiger partial charge < -0.3 is 19.1 Å². The maximum absolute atomic E-state index is 13.9. The molecule has 5 rings (SSSR count). The summed E-state index contributed by atoms with van der Waals surface area (Å²) in [6.45, 7) is 6.01. The summed E-state index contributed by atoms with van der Waals surface area (Å²) in [4.78, 5) is 29.3. The molecule has 1 saturated heterocycles. The first kappa shape index (κ1) is 24.9. The van der Waals surface area contributed by atoms with Crippen LogP contribution in [0.15, 0.2) is 33.6 Å². The van der Waals surface area contributed by atoms with Crippen LogP contribution >= 0.6 is 0 Å². The smallest absolute Gasteiger partial charge is 0.416 e. The number of carbonyl (C=O) groups is 1. The standard InChI is InChI=1S/C26H32F3N3O4/c1-16(2)25(24(34)32-14-18-11-19(26(27,28)29)3-4-21(18)35-15-32)8-5-20(13-25)31-9-6-17(7-10-31)22-12-23(33)30-36-22/h3-4,11-12,16-17,20H,5-10,13-15H2,1-2H3,(H,30,33). The molecule has 2 unspecified atom stereocenters. The second-order valence-corrected chi connectivity index (χ2v) is 10.7. The number of likely N-dealkylation sites (tertiary alicyclic amines) is 1. The SMILES string of the molecule is CC(C)C1(C(=O)N2COc3ccc(C(F)(F)F)cc3C2)CCC(N2CCC(c3cc(=O)[nH]o3)CC2)C1. The number of H-pyrrole nitrogens is 1. The molecule has 36 heavy (non-hydrogen) atoms. The lowest BCUT2D eigenvalue weighted by Gasteiger charge is -2.41. The van der Waals surface area contributed by atoms with Crippen LogP contribution in [0, 0.1) is 11.3 Å². The van der Waals surface area contributed by atoms with E-state index in [1.54, 1.807) is 4.90 Å². The van der Waals surface area contributed by atoms with Crippen LogP contribution in [-0.2, 0) is 17.5 Å². The predicted molar refractivity (Wildman–Crippen MR) is 125 cm³/mol. The first-order chi connectivity index (χ1) is 17.1. The van der Waals surface area contributed by atoms with E-state index in [4.69, 9.17) is 9.26 Å². The zero-order valence-electron chi connectivity index (χ0n) is 20.6. The Morgan fingerprint density at radius 2 is 1.92 bits per heavy atom. The lowest BCUT2D eigenvalue weighted by molar-refractivity contribution is -0.150. The number of hydrogen-bond donors (Lipinski definition) is 1. The van der Waals surface area contributed by atoms with Crippen molar-refractivity contribution in [2.45, 2.75) is 70.6 Å². The highest BCUT2D eigenvalue weighted by molar-refractivity contribution is 5.83. The van der Waals surface area contributed by atoms with Crippen LogP contribution in [-0.4, -0.2) is 46.7 Å². The van der Waals surface area contributed by atoms with Gasteiger partial charge in [0.1, 0.15) is 11.5 Å². The molecule has 1 amide bonds. The highest BCUT2D eigenvalue weighted by Gasteiger charge is 2.51. The molecule has 2 aliphatic heterocycles. The summed E-state index contributed by atoms with van der Waals surface area (Å²) in [5, 5.41) is 2.36. The molecule has 3 aliphatic rings. The number of aromatic amines is 1. The highest BCUT2D eigenvalue weighted by atomic mass is 19.4. The molecule has 2 atom stereocenters. The lowest BCUT2D eigenvalue weighted by Crippen LogP contribution is -2.49. The molecule has 7 nitrogen and oxygen atoms in total. The number of nitrogens with one attached hydrogen (secondary N) is 1. The van der Waals surface area contributed by atoms with E-state index in [0.717, 1.165) is 57.3 Å². The molecule has 1 N–H and O–H groups in total. The number of carbonyl (C=O) groups excluding carboxylic acids is 1. The Morgan fingerprint density at radius 3 is 2.56 bits per heavy atom. The van der Waals surface area contributed by atoms with Gasteiger partial charge in [0, 0.05) is 23.6 Å². The summed E-state index contributed by atoms with van der Waals surface area (Å²) < 4.78 is 50.7. The molecule has 0 spiro atoms. The van der Waals surface area contributed by atoms with Crippen molar-refractivity contribution >= 4 is 5.91 Å². The van der Waals surface area contributed by atoms with E-state index in [2.05, 4.69) is 23.9 Å². The number of nitrogens with zero attached hydrogens (tertiary/aromatic N) is 2. The summed E-state index contributed by atoms with van der Waals surface area (Å²) >= 11 is 0. The van der Waals surface area contributed by atoms with Gasteiger partial charge in [-0.2, -0.15) is 18.3 Å². The second-order valence-electron chi connectivity index (χ2n) is 10.7. The molecule has 1 saturated carbocycles. The summed E-state index contributed by atoms with van der Waals surface area (Å²) in [7, 11) is 0. The van der Waals surface area contributed by atoms with Gasteiger partial charge in [-0.3, -0.25) is 9.59 Å². The van der Waals surface area contributed by atoms with Gasteiger partial charge >= 0.3 is 6.18 Å². The third-order valence-electron chi connectivity index (χ3n) is 8.46. The molecule has 3 heterocycles. The van der Waals surface area contributed by atoms with Crippen LogP contribution in [0.4, 0.5) is 13.2 Å². The molecule has 196 valence electrons. The number of rotatable bonds is 4. The third-order valence-corrected chi connectivity index (χ3v) is 8.46. The maximum Gasteiger partial charge on any atom is 0.416 e. The zero-order chi connectivity index (χ0) is 25.7. The number of amides is 1. The Labute approximate surface area is 207 Å². The van der Waals surface area contributed by atoms with Crippen LogP contribution < -0.4 is 10.3 Å². The lowest BCUT2D eigenvalue weighted by atomic mass is 9.74. The Morgan fingerprint density at radius 1 is 1.17 bits per heavy atom. The van der Waals surface area contributed by atoms with Crippen LogP contribution in [0.1, 0.15) is 68.8 Å². The van der Waals surface area contributed by atoms with E-state index in [-0.39, 0.29) is 42.6 Å². The van der Waals surface area contributed by atoms with Crippen molar-refractivity contribution < 1.29 is 27.2 Å². The normalized spacial score (nSPS) is 25.7. The van der Waals surface area contributed by atoms with Gasteiger partial charge in [0.25, 0.3) is 5.56 Å². The van der Waals surface area contributed by atoms with E-state index < -0.39 is 17.2 Å². The quantitative estimate of drug-likeness (QED) is 0.647. The first-order valence-electron chi connectivity index (χ1n) is 12.6. The number of ether oxygens (including phenoxy) is 1. The average Bonchev–Trinajstić information content (AvgIpc) is 3.50. The Bertz CT molecular complexity index is 1170. The van der Waals surface area contributed by atoms with Crippen molar-refractivity contribution in [3.8, 4) is 5.75 Å². The number of halogens is 3. The van der Waals surface area contributed by atoms with E-state index in [1.165, 1.54) is 12.1 Å². The summed E-state index contributed by atoms with van der Waals surface area (Å²) in [5.41, 5.74) is -1.14. The van der Waals surface area contributed by atoms with Gasteiger partial charge in [-0.15, -0.1) is 0 Å². The first-order valence-corrected chi connectivity index (χ1v) is 12.6. The Hall–Kier alpha value is -2.75. The van der Waals surface area contributed by atoms with E-state index in [1.807, 2.05) is 0 Å². The van der Waals surface area contributed by atoms with Crippen molar-refractivity contribution in [3.05, 3.63) is 51.5 Å². The van der Waals surface area contributed by atoms with Crippen molar-refractivity contribution in [1.82, 2.24) is 15.0 Å². The van der Waals surface area contributed by atoms with Gasteiger partial charge in [0.2, 0.25) is 5.91 Å². The molecule has 1 aromatic heterocycles. The van der Waals surface area contributed by atoms with Gasteiger partial charge in [0.15, 0.2) is 6.73 Å². The van der Waals surface area contributed by atoms with Crippen molar-refractivity contribution in [1.29, 1.82) is 0 Å². The summed E-state index contributed by atoms with van der Waals surface area (Å²) in [6, 6.07) is 5.23. The largest absolute Gasteiger partial charge is 0.473 e. The Kier molecular flexibility index (Phi) is 6.43. The minimum absolute atomic E-state index is 0.0351. The van der Waals surface area contributed by atoms with Gasteiger partial charge in [-0.1, -0.05) is 13.8 Å². The fourth-order valence-electron chi connectivity index (χ4n) is 6.24. The molecule has 10 heteroatoms. The van der Waals surface area contributed by atoms with E-state index >= 15 is 0 Å². The Balaban J connectivity index is 1.27. The number of fused-ring (bicyclic) bond motifs is 1. The zero-order valence-corrected chi connectivity index (χ0v) is 20.6. The molecule has 0 bridgehead atoms. The van der Waals surface area contributed by atoms with Gasteiger partial charge in [0.05, 0.1) is 17.5 Å². The number of benzene rings is 1. The van der Waals surface area contributed by atoms with Crippen molar-refractivity contribution in [2.24, 2.45) is 11.3 Å². The maximum atomic E-state index is 13.9. The topological polar surface area (TPSA) is 78.8 Å². The summed E-state index contributed by atoms with van der Waals surface area (Å²) in [6.07, 6.45) is -0.307. The number of aromatic nitrogens is 1. The van der Waals surface area contributed by atoms with Crippen molar-refractivity contribution in [3.63, 3.8) is 0 Å². The van der Waals surface area contributed by atoms with E-state index in [0.29, 0.717) is 17.1 Å². The van der Waals surface area contributed by atoms with E-state index in [9.17, 15) is 22.8 Å². The molecular weight excluding hydrogens is 475 g/mol. The predicted octanol–water partition coefficient (Wildman–Crippen LogP) is 4.74. The van der Waals surface area contributed by atoms with Crippen LogP contribution in [0.5, 0.6) is 5.75 Å². The molecule has 2 fully saturated rings. The second kappa shape index (κ2) is 9.28. The van der Waals surface area contributed by atoms with Crippen LogP contribution in [0.2, 0.25) is 0 Å². The minimum Gasteiger partial charge on any atom is -0.473 e. The number of hydrogen-bond acceptors (Lipinski definition) is 5. The van der Waals surface area contributed by atoms with Crippen molar-refractivity contribution in [2.75, 3.05) is 19.8 Å². The van der Waals surface area contributed by atoms with Crippen LogP contribution in [0.25, 0.3) is 0 Å². The van der Waals surface area contributed by atoms with Gasteiger partial charge in [-0.25, -0.2) is 0 Å². The fourth-order valence-corrected chi connectivity index (χ4v) is 6.24. The van der Waals surface area contributed by atoms with Gasteiger partial charge in [-0.05, 0) is 69.3 Å². The molecular formula is C26H32F3N3O4.